The normalized spacial score (nSPS) is 12.0. The monoisotopic (exact) mass is 347 g/mol. The molecule has 7 heteroatoms. The minimum Gasteiger partial charge on any atom is -0.364 e. The molecule has 4 N–H and O–H groups in total. The van der Waals surface area contributed by atoms with E-state index in [9.17, 15) is 9.59 Å². The summed E-state index contributed by atoms with van der Waals surface area (Å²) in [4.78, 5) is 25.5. The van der Waals surface area contributed by atoms with Gasteiger partial charge in [-0.1, -0.05) is 42.5 Å². The van der Waals surface area contributed by atoms with Gasteiger partial charge in [0.05, 0.1) is 5.69 Å². The van der Waals surface area contributed by atoms with Crippen LogP contribution in [0.3, 0.4) is 0 Å². The Morgan fingerprint density at radius 1 is 1.00 bits per heavy atom. The summed E-state index contributed by atoms with van der Waals surface area (Å²) in [6.07, 6.45) is 1.44. The van der Waals surface area contributed by atoms with E-state index in [4.69, 9.17) is 5.73 Å². The van der Waals surface area contributed by atoms with Crippen LogP contribution in [0.25, 0.3) is 11.3 Å². The topological polar surface area (TPSA) is 102 Å². The quantitative estimate of drug-likeness (QED) is 0.678. The van der Waals surface area contributed by atoms with Gasteiger partial charge < -0.3 is 11.1 Å². The lowest BCUT2D eigenvalue weighted by molar-refractivity contribution is 0.0994. The zero-order valence-electron chi connectivity index (χ0n) is 13.9. The average molecular weight is 347 g/mol. The number of amides is 3. The van der Waals surface area contributed by atoms with Gasteiger partial charge in [0, 0.05) is 16.8 Å². The number of fused-ring (bicyclic) bond motifs is 3. The maximum atomic E-state index is 12.4. The Balaban J connectivity index is 1.71. The minimum atomic E-state index is -0.607. The number of carbonyl (C=O) groups excluding carboxylic acids is 2. The highest BCUT2D eigenvalue weighted by atomic mass is 16.2. The van der Waals surface area contributed by atoms with Gasteiger partial charge in [-0.3, -0.25) is 4.79 Å². The van der Waals surface area contributed by atoms with Crippen LogP contribution < -0.4 is 16.5 Å². The first-order chi connectivity index (χ1) is 12.6. The summed E-state index contributed by atoms with van der Waals surface area (Å²) < 4.78 is 0. The molecule has 2 aromatic carbocycles. The van der Waals surface area contributed by atoms with Crippen LogP contribution >= 0.6 is 0 Å². The van der Waals surface area contributed by atoms with Gasteiger partial charge in [0.25, 0.3) is 5.91 Å². The summed E-state index contributed by atoms with van der Waals surface area (Å²) in [6.45, 7) is 0. The SMILES string of the molecule is NC(=O)c1nn(NC(=O)Nc2ccccc2)c2c1CCc1ccccc1-2. The van der Waals surface area contributed by atoms with E-state index in [1.807, 2.05) is 42.5 Å². The Labute approximate surface area is 149 Å². The molecule has 1 aromatic heterocycles. The first kappa shape index (κ1) is 15.9. The van der Waals surface area contributed by atoms with Gasteiger partial charge in [0.1, 0.15) is 0 Å². The molecule has 1 aliphatic rings. The first-order valence-electron chi connectivity index (χ1n) is 8.26. The number of para-hydroxylation sites is 1. The molecule has 0 saturated heterocycles. The van der Waals surface area contributed by atoms with Gasteiger partial charge in [-0.15, -0.1) is 5.10 Å². The summed E-state index contributed by atoms with van der Waals surface area (Å²) in [5.41, 5.74) is 12.5. The number of hydrogen-bond acceptors (Lipinski definition) is 3. The van der Waals surface area contributed by atoms with Crippen molar-refractivity contribution in [2.75, 3.05) is 10.7 Å². The molecule has 7 nitrogen and oxygen atoms in total. The zero-order valence-corrected chi connectivity index (χ0v) is 13.9. The summed E-state index contributed by atoms with van der Waals surface area (Å²) in [7, 11) is 0. The molecule has 4 rings (SSSR count). The molecule has 130 valence electrons. The Bertz CT molecular complexity index is 994. The molecular weight excluding hydrogens is 330 g/mol. The number of urea groups is 1. The van der Waals surface area contributed by atoms with Crippen molar-refractivity contribution in [3.05, 3.63) is 71.4 Å². The van der Waals surface area contributed by atoms with E-state index in [0.717, 1.165) is 23.1 Å². The molecule has 1 heterocycles. The minimum absolute atomic E-state index is 0.189. The van der Waals surface area contributed by atoms with E-state index in [1.54, 1.807) is 12.1 Å². The lowest BCUT2D eigenvalue weighted by Gasteiger charge is -2.18. The predicted octanol–water partition coefficient (Wildman–Crippen LogP) is 2.52. The van der Waals surface area contributed by atoms with Crippen LogP contribution in [-0.2, 0) is 12.8 Å². The molecule has 0 unspecified atom stereocenters. The van der Waals surface area contributed by atoms with Crippen LogP contribution in [0, 0.1) is 0 Å². The number of rotatable bonds is 3. The van der Waals surface area contributed by atoms with Crippen molar-refractivity contribution in [3.8, 4) is 11.3 Å². The van der Waals surface area contributed by atoms with Crippen LogP contribution in [0.15, 0.2) is 54.6 Å². The second kappa shape index (κ2) is 6.36. The van der Waals surface area contributed by atoms with Gasteiger partial charge in [0.2, 0.25) is 0 Å². The third-order valence-corrected chi connectivity index (χ3v) is 4.37. The smallest absolute Gasteiger partial charge is 0.339 e. The highest BCUT2D eigenvalue weighted by Gasteiger charge is 2.28. The van der Waals surface area contributed by atoms with Crippen molar-refractivity contribution in [1.29, 1.82) is 0 Å². The maximum Gasteiger partial charge on any atom is 0.339 e. The Morgan fingerprint density at radius 2 is 1.73 bits per heavy atom. The molecule has 1 aliphatic carbocycles. The fourth-order valence-corrected chi connectivity index (χ4v) is 3.25. The van der Waals surface area contributed by atoms with Crippen molar-refractivity contribution < 1.29 is 9.59 Å². The number of aryl methyl sites for hydroxylation is 1. The van der Waals surface area contributed by atoms with Crippen molar-refractivity contribution in [1.82, 2.24) is 9.89 Å². The lowest BCUT2D eigenvalue weighted by Crippen LogP contribution is -2.29. The number of nitrogens with two attached hydrogens (primary N) is 1. The molecule has 0 bridgehead atoms. The molecule has 3 amide bonds. The van der Waals surface area contributed by atoms with Crippen molar-refractivity contribution >= 4 is 17.6 Å². The van der Waals surface area contributed by atoms with Crippen molar-refractivity contribution in [2.45, 2.75) is 12.8 Å². The summed E-state index contributed by atoms with van der Waals surface area (Å²) in [5, 5.41) is 6.97. The lowest BCUT2D eigenvalue weighted by atomic mass is 9.89. The number of aromatic nitrogens is 2. The third-order valence-electron chi connectivity index (χ3n) is 4.37. The molecule has 0 fully saturated rings. The van der Waals surface area contributed by atoms with Crippen LogP contribution in [0.2, 0.25) is 0 Å². The van der Waals surface area contributed by atoms with Crippen LogP contribution in [0.1, 0.15) is 21.6 Å². The third kappa shape index (κ3) is 2.79. The number of benzene rings is 2. The molecule has 0 atom stereocenters. The summed E-state index contributed by atoms with van der Waals surface area (Å²) >= 11 is 0. The van der Waals surface area contributed by atoms with E-state index < -0.39 is 11.9 Å². The second-order valence-electron chi connectivity index (χ2n) is 6.04. The number of primary amides is 1. The van der Waals surface area contributed by atoms with Crippen LogP contribution in [0.4, 0.5) is 10.5 Å². The Hall–Kier alpha value is -3.61. The molecule has 0 radical (unpaired) electrons. The maximum absolute atomic E-state index is 12.4. The molecule has 0 saturated carbocycles. The van der Waals surface area contributed by atoms with Crippen molar-refractivity contribution in [3.63, 3.8) is 0 Å². The van der Waals surface area contributed by atoms with E-state index in [-0.39, 0.29) is 5.69 Å². The van der Waals surface area contributed by atoms with Crippen LogP contribution in [0.5, 0.6) is 0 Å². The fraction of sp³-hybridized carbons (Fsp3) is 0.105. The number of nitrogens with one attached hydrogen (secondary N) is 2. The van der Waals surface area contributed by atoms with E-state index >= 15 is 0 Å². The van der Waals surface area contributed by atoms with Crippen LogP contribution in [-0.4, -0.2) is 21.8 Å². The predicted molar refractivity (Wildman–Crippen MR) is 98.4 cm³/mol. The molecular formula is C19H17N5O2. The second-order valence-corrected chi connectivity index (χ2v) is 6.04. The fourth-order valence-electron chi connectivity index (χ4n) is 3.25. The molecule has 0 aliphatic heterocycles. The largest absolute Gasteiger partial charge is 0.364 e. The number of hydrogen-bond donors (Lipinski definition) is 3. The van der Waals surface area contributed by atoms with E-state index in [2.05, 4.69) is 15.8 Å². The molecule has 26 heavy (non-hydrogen) atoms. The highest BCUT2D eigenvalue weighted by Crippen LogP contribution is 2.34. The van der Waals surface area contributed by atoms with Gasteiger partial charge >= 0.3 is 6.03 Å². The van der Waals surface area contributed by atoms with Crippen molar-refractivity contribution in [2.24, 2.45) is 5.73 Å². The standard InChI is InChI=1S/C19H17N5O2/c20-18(25)16-15-11-10-12-6-4-5-9-14(12)17(15)24(22-16)23-19(26)21-13-7-2-1-3-8-13/h1-9H,10-11H2,(H2,20,25)(H2,21,23,26). The Kier molecular flexibility index (Phi) is 3.89. The Morgan fingerprint density at radius 3 is 2.50 bits per heavy atom. The average Bonchev–Trinajstić information content (AvgIpc) is 3.01. The molecule has 3 aromatic rings. The summed E-state index contributed by atoms with van der Waals surface area (Å²) in [5.74, 6) is -0.607. The van der Waals surface area contributed by atoms with E-state index in [0.29, 0.717) is 17.8 Å². The van der Waals surface area contributed by atoms with E-state index in [1.165, 1.54) is 4.79 Å². The van der Waals surface area contributed by atoms with Gasteiger partial charge in [-0.05, 0) is 30.5 Å². The summed E-state index contributed by atoms with van der Waals surface area (Å²) in [6, 6.07) is 16.5. The number of nitrogens with zero attached hydrogens (tertiary/aromatic N) is 2. The zero-order chi connectivity index (χ0) is 18.1. The highest BCUT2D eigenvalue weighted by molar-refractivity contribution is 5.97. The molecule has 0 spiro atoms. The first-order valence-corrected chi connectivity index (χ1v) is 8.26. The van der Waals surface area contributed by atoms with Gasteiger partial charge in [-0.2, -0.15) is 4.79 Å². The number of anilines is 1. The number of carbonyl (C=O) groups is 2. The van der Waals surface area contributed by atoms with Gasteiger partial charge in [-0.25, -0.2) is 10.2 Å². The van der Waals surface area contributed by atoms with Gasteiger partial charge in [0.15, 0.2) is 5.69 Å².